The zero-order valence-corrected chi connectivity index (χ0v) is 12.9. The Morgan fingerprint density at radius 1 is 1.18 bits per heavy atom. The topological polar surface area (TPSA) is 66.9 Å². The average molecular weight is 299 g/mol. The first kappa shape index (κ1) is 14.6. The number of hydrogen-bond donors (Lipinski definition) is 2. The van der Waals surface area contributed by atoms with Crippen molar-refractivity contribution in [2.45, 2.75) is 38.8 Å². The molecule has 1 fully saturated rings. The Balaban J connectivity index is 1.91. The molecule has 5 nitrogen and oxygen atoms in total. The van der Waals surface area contributed by atoms with Crippen molar-refractivity contribution in [3.63, 3.8) is 0 Å². The van der Waals surface area contributed by atoms with Gasteiger partial charge in [-0.2, -0.15) is 0 Å². The largest absolute Gasteiger partial charge is 0.364 e. The van der Waals surface area contributed by atoms with Gasteiger partial charge >= 0.3 is 5.69 Å². The van der Waals surface area contributed by atoms with Crippen LogP contribution in [0, 0.1) is 5.92 Å². The van der Waals surface area contributed by atoms with Gasteiger partial charge in [-0.25, -0.2) is 4.79 Å². The van der Waals surface area contributed by atoms with Crippen LogP contribution >= 0.6 is 0 Å². The predicted molar refractivity (Wildman–Crippen MR) is 87.2 cm³/mol. The molecule has 22 heavy (non-hydrogen) atoms. The third-order valence-corrected chi connectivity index (χ3v) is 4.05. The molecule has 0 saturated heterocycles. The molecule has 1 aliphatic rings. The molecule has 1 atom stereocenters. The quantitative estimate of drug-likeness (QED) is 0.892. The first-order valence-corrected chi connectivity index (χ1v) is 7.73. The fourth-order valence-corrected chi connectivity index (χ4v) is 2.80. The number of rotatable bonds is 5. The zero-order valence-electron chi connectivity index (χ0n) is 12.9. The van der Waals surface area contributed by atoms with Crippen LogP contribution in [-0.4, -0.2) is 9.55 Å². The second kappa shape index (κ2) is 5.83. The minimum absolute atomic E-state index is 0.131. The number of aromatic amines is 1. The highest BCUT2D eigenvalue weighted by atomic mass is 16.2. The molecular formula is C17H21N3O2. The third kappa shape index (κ3) is 2.98. The van der Waals surface area contributed by atoms with Crippen LogP contribution in [0.4, 0.5) is 5.82 Å². The van der Waals surface area contributed by atoms with Gasteiger partial charge in [-0.1, -0.05) is 30.3 Å². The summed E-state index contributed by atoms with van der Waals surface area (Å²) in [6, 6.07) is 11.6. The fourth-order valence-electron chi connectivity index (χ4n) is 2.80. The van der Waals surface area contributed by atoms with E-state index < -0.39 is 0 Å². The molecule has 0 spiro atoms. The summed E-state index contributed by atoms with van der Waals surface area (Å²) in [6.07, 6.45) is 2.33. The van der Waals surface area contributed by atoms with E-state index >= 15 is 0 Å². The lowest BCUT2D eigenvalue weighted by Crippen LogP contribution is -2.36. The molecule has 0 aliphatic heterocycles. The van der Waals surface area contributed by atoms with Crippen molar-refractivity contribution in [2.75, 3.05) is 5.32 Å². The highest BCUT2D eigenvalue weighted by molar-refractivity contribution is 5.38. The van der Waals surface area contributed by atoms with Gasteiger partial charge in [0.1, 0.15) is 5.82 Å². The van der Waals surface area contributed by atoms with Crippen molar-refractivity contribution in [3.05, 3.63) is 62.8 Å². The van der Waals surface area contributed by atoms with Crippen LogP contribution in [-0.2, 0) is 0 Å². The second-order valence-electron chi connectivity index (χ2n) is 6.16. The molecule has 3 rings (SSSR count). The van der Waals surface area contributed by atoms with Crippen molar-refractivity contribution in [3.8, 4) is 0 Å². The third-order valence-electron chi connectivity index (χ3n) is 4.05. The van der Waals surface area contributed by atoms with E-state index in [9.17, 15) is 9.59 Å². The summed E-state index contributed by atoms with van der Waals surface area (Å²) in [6.45, 7) is 3.64. The van der Waals surface area contributed by atoms with Gasteiger partial charge < -0.3 is 5.32 Å². The Labute approximate surface area is 129 Å². The van der Waals surface area contributed by atoms with Gasteiger partial charge in [0, 0.05) is 12.1 Å². The van der Waals surface area contributed by atoms with E-state index in [-0.39, 0.29) is 23.3 Å². The van der Waals surface area contributed by atoms with Gasteiger partial charge in [-0.15, -0.1) is 0 Å². The fraction of sp³-hybridized carbons (Fsp3) is 0.412. The van der Waals surface area contributed by atoms with Gasteiger partial charge in [0.25, 0.3) is 5.56 Å². The van der Waals surface area contributed by atoms with Gasteiger partial charge in [0.05, 0.1) is 6.04 Å². The standard InChI is InChI=1S/C17H21N3O2/c1-11(2)20-15(21)10-14(19-17(20)22)18-16(13-8-9-13)12-6-4-3-5-7-12/h3-7,10-11,13,16,18H,8-9H2,1-2H3,(H,19,22)/t16-/m0/s1. The average Bonchev–Trinajstić information content (AvgIpc) is 3.29. The monoisotopic (exact) mass is 299 g/mol. The maximum absolute atomic E-state index is 12.1. The lowest BCUT2D eigenvalue weighted by Gasteiger charge is -2.20. The van der Waals surface area contributed by atoms with Crippen LogP contribution < -0.4 is 16.6 Å². The van der Waals surface area contributed by atoms with Gasteiger partial charge in [-0.3, -0.25) is 14.3 Å². The van der Waals surface area contributed by atoms with Crippen LogP contribution in [0.2, 0.25) is 0 Å². The maximum Gasteiger partial charge on any atom is 0.330 e. The van der Waals surface area contributed by atoms with Crippen molar-refractivity contribution in [1.29, 1.82) is 0 Å². The molecule has 1 aromatic heterocycles. The predicted octanol–water partition coefficient (Wildman–Crippen LogP) is 2.68. The molecule has 1 heterocycles. The Morgan fingerprint density at radius 3 is 2.41 bits per heavy atom. The smallest absolute Gasteiger partial charge is 0.330 e. The summed E-state index contributed by atoms with van der Waals surface area (Å²) in [5, 5.41) is 3.34. The van der Waals surface area contributed by atoms with Gasteiger partial charge in [0.15, 0.2) is 0 Å². The van der Waals surface area contributed by atoms with Crippen molar-refractivity contribution in [2.24, 2.45) is 5.92 Å². The SMILES string of the molecule is CC(C)n1c(=O)cc(N[C@@H](c2ccccc2)C2CC2)[nH]c1=O. The van der Waals surface area contributed by atoms with Gasteiger partial charge in [0.2, 0.25) is 0 Å². The molecular weight excluding hydrogens is 278 g/mol. The molecule has 0 unspecified atom stereocenters. The van der Waals surface area contributed by atoms with Gasteiger partial charge in [-0.05, 0) is 38.2 Å². The summed E-state index contributed by atoms with van der Waals surface area (Å²) < 4.78 is 1.22. The molecule has 1 saturated carbocycles. The van der Waals surface area contributed by atoms with Crippen LogP contribution in [0.5, 0.6) is 0 Å². The summed E-state index contributed by atoms with van der Waals surface area (Å²) in [4.78, 5) is 27.0. The number of aromatic nitrogens is 2. The minimum atomic E-state index is -0.368. The van der Waals surface area contributed by atoms with Crippen LogP contribution in [0.3, 0.4) is 0 Å². The van der Waals surface area contributed by atoms with E-state index in [1.807, 2.05) is 32.0 Å². The minimum Gasteiger partial charge on any atom is -0.364 e. The number of nitrogens with one attached hydrogen (secondary N) is 2. The Kier molecular flexibility index (Phi) is 3.88. The van der Waals surface area contributed by atoms with Crippen molar-refractivity contribution < 1.29 is 0 Å². The number of nitrogens with zero attached hydrogens (tertiary/aromatic N) is 1. The molecule has 5 heteroatoms. The van der Waals surface area contributed by atoms with Crippen molar-refractivity contribution >= 4 is 5.82 Å². The zero-order chi connectivity index (χ0) is 15.7. The first-order valence-electron chi connectivity index (χ1n) is 7.73. The molecule has 116 valence electrons. The molecule has 1 aliphatic carbocycles. The van der Waals surface area contributed by atoms with Crippen molar-refractivity contribution in [1.82, 2.24) is 9.55 Å². The van der Waals surface area contributed by atoms with Crippen LogP contribution in [0.15, 0.2) is 46.0 Å². The van der Waals surface area contributed by atoms with Crippen LogP contribution in [0.25, 0.3) is 0 Å². The summed E-state index contributed by atoms with van der Waals surface area (Å²) >= 11 is 0. The molecule has 1 aromatic carbocycles. The summed E-state index contributed by atoms with van der Waals surface area (Å²) in [5.41, 5.74) is 0.537. The molecule has 2 aromatic rings. The first-order chi connectivity index (χ1) is 10.6. The summed E-state index contributed by atoms with van der Waals surface area (Å²) in [7, 11) is 0. The lowest BCUT2D eigenvalue weighted by molar-refractivity contribution is 0.545. The van der Waals surface area contributed by atoms with E-state index in [0.29, 0.717) is 11.7 Å². The molecule has 2 N–H and O–H groups in total. The Bertz CT molecular complexity index is 726. The number of anilines is 1. The van der Waals surface area contributed by atoms with E-state index in [1.165, 1.54) is 29.0 Å². The number of H-pyrrole nitrogens is 1. The molecule has 0 amide bonds. The Morgan fingerprint density at radius 2 is 1.86 bits per heavy atom. The van der Waals surface area contributed by atoms with E-state index in [4.69, 9.17) is 0 Å². The van der Waals surface area contributed by atoms with Crippen LogP contribution in [0.1, 0.15) is 44.3 Å². The Hall–Kier alpha value is -2.30. The highest BCUT2D eigenvalue weighted by Gasteiger charge is 2.32. The number of benzene rings is 1. The van der Waals surface area contributed by atoms with E-state index in [2.05, 4.69) is 22.4 Å². The number of hydrogen-bond acceptors (Lipinski definition) is 3. The lowest BCUT2D eigenvalue weighted by atomic mass is 10.0. The second-order valence-corrected chi connectivity index (χ2v) is 6.16. The molecule has 0 radical (unpaired) electrons. The molecule has 0 bridgehead atoms. The normalized spacial score (nSPS) is 15.8. The maximum atomic E-state index is 12.1. The summed E-state index contributed by atoms with van der Waals surface area (Å²) in [5.74, 6) is 1.05. The van der Waals surface area contributed by atoms with E-state index in [1.54, 1.807) is 0 Å². The highest BCUT2D eigenvalue weighted by Crippen LogP contribution is 2.42. The van der Waals surface area contributed by atoms with E-state index in [0.717, 1.165) is 0 Å².